The van der Waals surface area contributed by atoms with E-state index in [2.05, 4.69) is 15.5 Å². The van der Waals surface area contributed by atoms with Gasteiger partial charge in [-0.15, -0.1) is 0 Å². The van der Waals surface area contributed by atoms with Crippen molar-refractivity contribution in [2.45, 2.75) is 26.4 Å². The van der Waals surface area contributed by atoms with Crippen LogP contribution in [0.3, 0.4) is 0 Å². The van der Waals surface area contributed by atoms with Crippen molar-refractivity contribution in [1.82, 2.24) is 15.5 Å². The summed E-state index contributed by atoms with van der Waals surface area (Å²) in [5.41, 5.74) is 1.53. The highest BCUT2D eigenvalue weighted by atomic mass is 19.2. The molecule has 1 aromatic carbocycles. The van der Waals surface area contributed by atoms with Gasteiger partial charge in [0.2, 0.25) is 0 Å². The number of H-pyrrole nitrogens is 1. The molecule has 0 unspecified atom stereocenters. The van der Waals surface area contributed by atoms with Crippen LogP contribution in [0.2, 0.25) is 0 Å². The lowest BCUT2D eigenvalue weighted by Gasteiger charge is -2.09. The summed E-state index contributed by atoms with van der Waals surface area (Å²) in [6.07, 6.45) is 1.62. The highest BCUT2D eigenvalue weighted by Gasteiger charge is 2.14. The zero-order valence-electron chi connectivity index (χ0n) is 10.3. The minimum atomic E-state index is -0.857. The average molecular weight is 251 g/mol. The Morgan fingerprint density at radius 2 is 2.11 bits per heavy atom. The van der Waals surface area contributed by atoms with Crippen molar-refractivity contribution >= 4 is 0 Å². The molecule has 0 atom stereocenters. The summed E-state index contributed by atoms with van der Waals surface area (Å²) in [5.74, 6) is -1.71. The molecule has 0 aliphatic rings. The molecule has 3 nitrogen and oxygen atoms in total. The summed E-state index contributed by atoms with van der Waals surface area (Å²) in [6.45, 7) is 4.59. The summed E-state index contributed by atoms with van der Waals surface area (Å²) in [4.78, 5) is 0. The first-order valence-electron chi connectivity index (χ1n) is 5.79. The Labute approximate surface area is 104 Å². The van der Waals surface area contributed by atoms with Gasteiger partial charge in [0, 0.05) is 23.7 Å². The van der Waals surface area contributed by atoms with Crippen molar-refractivity contribution < 1.29 is 8.78 Å². The van der Waals surface area contributed by atoms with Gasteiger partial charge in [-0.25, -0.2) is 8.78 Å². The number of nitrogens with zero attached hydrogens (tertiary/aromatic N) is 1. The quantitative estimate of drug-likeness (QED) is 0.877. The molecule has 0 saturated carbocycles. The fraction of sp³-hybridized carbons (Fsp3) is 0.308. The summed E-state index contributed by atoms with van der Waals surface area (Å²) in [7, 11) is 0. The number of aromatic nitrogens is 2. The summed E-state index contributed by atoms with van der Waals surface area (Å²) < 4.78 is 26.9. The standard InChI is InChI=1S/C13H15F2N3/c1-8(2)16-6-9-7-17-18-13(9)10-4-3-5-11(14)12(10)15/h3-5,7-8,16H,6H2,1-2H3,(H,17,18). The smallest absolute Gasteiger partial charge is 0.168 e. The van der Waals surface area contributed by atoms with Gasteiger partial charge in [0.15, 0.2) is 11.6 Å². The zero-order valence-corrected chi connectivity index (χ0v) is 10.3. The molecule has 0 bridgehead atoms. The lowest BCUT2D eigenvalue weighted by atomic mass is 10.1. The Hall–Kier alpha value is -1.75. The van der Waals surface area contributed by atoms with E-state index in [0.29, 0.717) is 18.3 Å². The third-order valence-corrected chi connectivity index (χ3v) is 2.64. The second kappa shape index (κ2) is 5.27. The Morgan fingerprint density at radius 3 is 2.83 bits per heavy atom. The van der Waals surface area contributed by atoms with Crippen LogP contribution in [0.4, 0.5) is 8.78 Å². The van der Waals surface area contributed by atoms with Gasteiger partial charge in [-0.1, -0.05) is 19.9 Å². The third kappa shape index (κ3) is 2.56. The molecule has 5 heteroatoms. The fourth-order valence-corrected chi connectivity index (χ4v) is 1.69. The number of halogens is 2. The van der Waals surface area contributed by atoms with E-state index in [4.69, 9.17) is 0 Å². The summed E-state index contributed by atoms with van der Waals surface area (Å²) >= 11 is 0. The normalized spacial score (nSPS) is 11.2. The SMILES string of the molecule is CC(C)NCc1cn[nH]c1-c1cccc(F)c1F. The van der Waals surface area contributed by atoms with Crippen LogP contribution in [0, 0.1) is 11.6 Å². The molecule has 0 aliphatic carbocycles. The fourth-order valence-electron chi connectivity index (χ4n) is 1.69. The van der Waals surface area contributed by atoms with Crippen LogP contribution in [0.5, 0.6) is 0 Å². The van der Waals surface area contributed by atoms with E-state index >= 15 is 0 Å². The Bertz CT molecular complexity index is 535. The van der Waals surface area contributed by atoms with Crippen molar-refractivity contribution in [1.29, 1.82) is 0 Å². The van der Waals surface area contributed by atoms with Crippen molar-refractivity contribution in [2.24, 2.45) is 0 Å². The first kappa shape index (κ1) is 12.7. The predicted molar refractivity (Wildman–Crippen MR) is 65.9 cm³/mol. The molecule has 96 valence electrons. The van der Waals surface area contributed by atoms with E-state index in [-0.39, 0.29) is 5.56 Å². The van der Waals surface area contributed by atoms with Crippen LogP contribution in [0.1, 0.15) is 19.4 Å². The van der Waals surface area contributed by atoms with Gasteiger partial charge in [-0.2, -0.15) is 5.10 Å². The molecule has 1 aromatic heterocycles. The van der Waals surface area contributed by atoms with Crippen molar-refractivity contribution in [2.75, 3.05) is 0 Å². The molecule has 2 rings (SSSR count). The Kier molecular flexibility index (Phi) is 3.72. The monoisotopic (exact) mass is 251 g/mol. The first-order chi connectivity index (χ1) is 8.59. The molecule has 0 saturated heterocycles. The van der Waals surface area contributed by atoms with E-state index in [0.717, 1.165) is 11.6 Å². The van der Waals surface area contributed by atoms with Crippen molar-refractivity contribution in [3.8, 4) is 11.3 Å². The molecule has 0 fully saturated rings. The van der Waals surface area contributed by atoms with Crippen LogP contribution in [-0.2, 0) is 6.54 Å². The number of hydrogen-bond donors (Lipinski definition) is 2. The van der Waals surface area contributed by atoms with Crippen LogP contribution in [0.25, 0.3) is 11.3 Å². The van der Waals surface area contributed by atoms with E-state index in [1.165, 1.54) is 12.1 Å². The Balaban J connectivity index is 2.33. The minimum Gasteiger partial charge on any atom is -0.310 e. The molecule has 2 aromatic rings. The lowest BCUT2D eigenvalue weighted by Crippen LogP contribution is -2.21. The summed E-state index contributed by atoms with van der Waals surface area (Å²) in [5, 5.41) is 9.83. The number of rotatable bonds is 4. The topological polar surface area (TPSA) is 40.7 Å². The van der Waals surface area contributed by atoms with Gasteiger partial charge in [-0.05, 0) is 12.1 Å². The van der Waals surface area contributed by atoms with Gasteiger partial charge >= 0.3 is 0 Å². The van der Waals surface area contributed by atoms with Crippen molar-refractivity contribution in [3.05, 3.63) is 41.6 Å². The molecular formula is C13H15F2N3. The van der Waals surface area contributed by atoms with Gasteiger partial charge in [-0.3, -0.25) is 5.10 Å². The molecule has 0 aliphatic heterocycles. The second-order valence-electron chi connectivity index (χ2n) is 4.41. The minimum absolute atomic E-state index is 0.202. The van der Waals surface area contributed by atoms with Crippen LogP contribution >= 0.6 is 0 Å². The largest absolute Gasteiger partial charge is 0.310 e. The van der Waals surface area contributed by atoms with Gasteiger partial charge < -0.3 is 5.32 Å². The van der Waals surface area contributed by atoms with E-state index in [1.54, 1.807) is 6.20 Å². The number of benzene rings is 1. The third-order valence-electron chi connectivity index (χ3n) is 2.64. The van der Waals surface area contributed by atoms with Gasteiger partial charge in [0.25, 0.3) is 0 Å². The summed E-state index contributed by atoms with van der Waals surface area (Å²) in [6, 6.07) is 4.42. The molecule has 0 radical (unpaired) electrons. The second-order valence-corrected chi connectivity index (χ2v) is 4.41. The van der Waals surface area contributed by atoms with Gasteiger partial charge in [0.05, 0.1) is 11.9 Å². The number of hydrogen-bond acceptors (Lipinski definition) is 2. The van der Waals surface area contributed by atoms with Gasteiger partial charge in [0.1, 0.15) is 0 Å². The lowest BCUT2D eigenvalue weighted by molar-refractivity contribution is 0.510. The molecule has 1 heterocycles. The molecule has 18 heavy (non-hydrogen) atoms. The molecule has 0 spiro atoms. The van der Waals surface area contributed by atoms with Crippen LogP contribution < -0.4 is 5.32 Å². The maximum Gasteiger partial charge on any atom is 0.168 e. The highest BCUT2D eigenvalue weighted by Crippen LogP contribution is 2.25. The van der Waals surface area contributed by atoms with Crippen LogP contribution in [0.15, 0.2) is 24.4 Å². The van der Waals surface area contributed by atoms with Crippen molar-refractivity contribution in [3.63, 3.8) is 0 Å². The average Bonchev–Trinajstić information content (AvgIpc) is 2.78. The van der Waals surface area contributed by atoms with E-state index in [1.807, 2.05) is 13.8 Å². The highest BCUT2D eigenvalue weighted by molar-refractivity contribution is 5.63. The molecular weight excluding hydrogens is 236 g/mol. The maximum absolute atomic E-state index is 13.7. The van der Waals surface area contributed by atoms with E-state index in [9.17, 15) is 8.78 Å². The molecule has 2 N–H and O–H groups in total. The first-order valence-corrected chi connectivity index (χ1v) is 5.79. The van der Waals surface area contributed by atoms with Crippen LogP contribution in [-0.4, -0.2) is 16.2 Å². The zero-order chi connectivity index (χ0) is 13.1. The number of aromatic amines is 1. The maximum atomic E-state index is 13.7. The Morgan fingerprint density at radius 1 is 1.33 bits per heavy atom. The van der Waals surface area contributed by atoms with E-state index < -0.39 is 11.6 Å². The predicted octanol–water partition coefficient (Wildman–Crippen LogP) is 2.85. The molecule has 0 amide bonds. The number of nitrogens with one attached hydrogen (secondary N) is 2.